The summed E-state index contributed by atoms with van der Waals surface area (Å²) in [5, 5.41) is 27.4. The summed E-state index contributed by atoms with van der Waals surface area (Å²) < 4.78 is 1.90. The number of hydrogen-bond acceptors (Lipinski definition) is 4. The van der Waals surface area contributed by atoms with Gasteiger partial charge in [0.1, 0.15) is 0 Å². The summed E-state index contributed by atoms with van der Waals surface area (Å²) in [6, 6.07) is -0.207. The second-order valence-electron chi connectivity index (χ2n) is 9.50. The van der Waals surface area contributed by atoms with E-state index in [9.17, 15) is 9.90 Å². The number of aliphatic carboxylic acids is 1. The Morgan fingerprint density at radius 1 is 1.27 bits per heavy atom. The van der Waals surface area contributed by atoms with E-state index >= 15 is 0 Å². The third-order valence-electron chi connectivity index (χ3n) is 5.70. The van der Waals surface area contributed by atoms with E-state index < -0.39 is 5.97 Å². The fourth-order valence-electron chi connectivity index (χ4n) is 4.46. The second-order valence-corrected chi connectivity index (χ2v) is 9.50. The molecule has 146 valence electrons. The minimum atomic E-state index is -0.819. The smallest absolute Gasteiger partial charge is 0.305 e. The summed E-state index contributed by atoms with van der Waals surface area (Å²) in [5.41, 5.74) is 2.68. The summed E-state index contributed by atoms with van der Waals surface area (Å²) in [4.78, 5) is 11.3. The van der Waals surface area contributed by atoms with Crippen LogP contribution in [-0.4, -0.2) is 37.8 Å². The number of carbonyl (C=O) groups is 1. The highest BCUT2D eigenvalue weighted by Gasteiger charge is 2.41. The average molecular weight is 364 g/mol. The maximum Gasteiger partial charge on any atom is 0.305 e. The van der Waals surface area contributed by atoms with Crippen molar-refractivity contribution >= 4 is 5.97 Å². The van der Waals surface area contributed by atoms with Crippen LogP contribution in [0.5, 0.6) is 0 Å². The number of nitrogens with zero attached hydrogens (tertiary/aromatic N) is 3. The van der Waals surface area contributed by atoms with Gasteiger partial charge in [-0.1, -0.05) is 26.0 Å². The van der Waals surface area contributed by atoms with Gasteiger partial charge in [-0.3, -0.25) is 4.79 Å². The van der Waals surface area contributed by atoms with E-state index in [1.807, 2.05) is 4.68 Å². The van der Waals surface area contributed by atoms with Crippen molar-refractivity contribution in [3.05, 3.63) is 11.4 Å². The molecular formula is C20H33N3O3. The van der Waals surface area contributed by atoms with Gasteiger partial charge in [-0.15, -0.1) is 5.10 Å². The monoisotopic (exact) mass is 363 g/mol. The maximum atomic E-state index is 11.3. The molecule has 3 rings (SSSR count). The van der Waals surface area contributed by atoms with E-state index in [1.54, 1.807) is 0 Å². The third-order valence-corrected chi connectivity index (χ3v) is 5.70. The van der Waals surface area contributed by atoms with E-state index in [0.717, 1.165) is 24.5 Å². The van der Waals surface area contributed by atoms with E-state index in [0.29, 0.717) is 30.1 Å². The highest BCUT2D eigenvalue weighted by molar-refractivity contribution is 5.67. The first-order valence-corrected chi connectivity index (χ1v) is 10.1. The normalized spacial score (nSPS) is 24.3. The molecule has 0 amide bonds. The molecular weight excluding hydrogens is 330 g/mol. The molecule has 0 aromatic carbocycles. The molecule has 26 heavy (non-hydrogen) atoms. The van der Waals surface area contributed by atoms with Gasteiger partial charge in [-0.05, 0) is 56.3 Å². The number of rotatable bonds is 9. The first-order valence-electron chi connectivity index (χ1n) is 10.1. The molecule has 6 nitrogen and oxygen atoms in total. The van der Waals surface area contributed by atoms with E-state index in [4.69, 9.17) is 5.11 Å². The van der Waals surface area contributed by atoms with Gasteiger partial charge in [0, 0.05) is 18.4 Å². The summed E-state index contributed by atoms with van der Waals surface area (Å²) in [5.74, 6) is 0.920. The van der Waals surface area contributed by atoms with Crippen molar-refractivity contribution in [2.24, 2.45) is 11.3 Å². The molecule has 1 heterocycles. The summed E-state index contributed by atoms with van der Waals surface area (Å²) >= 11 is 0. The Labute approximate surface area is 156 Å². The summed E-state index contributed by atoms with van der Waals surface area (Å²) in [7, 11) is 0. The van der Waals surface area contributed by atoms with Crippen molar-refractivity contribution in [3.8, 4) is 0 Å². The van der Waals surface area contributed by atoms with Gasteiger partial charge < -0.3 is 10.2 Å². The van der Waals surface area contributed by atoms with Crippen LogP contribution >= 0.6 is 0 Å². The summed E-state index contributed by atoms with van der Waals surface area (Å²) in [6.45, 7) is 6.96. The van der Waals surface area contributed by atoms with Crippen molar-refractivity contribution in [1.82, 2.24) is 15.0 Å². The molecule has 2 aliphatic rings. The van der Waals surface area contributed by atoms with Crippen LogP contribution in [-0.2, 0) is 4.79 Å². The van der Waals surface area contributed by atoms with Crippen LogP contribution in [0.25, 0.3) is 0 Å². The molecule has 0 aliphatic heterocycles. The second kappa shape index (κ2) is 7.67. The van der Waals surface area contributed by atoms with Crippen molar-refractivity contribution < 1.29 is 15.0 Å². The van der Waals surface area contributed by atoms with Gasteiger partial charge in [-0.2, -0.15) is 0 Å². The first-order chi connectivity index (χ1) is 12.3. The number of aromatic nitrogens is 3. The van der Waals surface area contributed by atoms with Crippen molar-refractivity contribution in [1.29, 1.82) is 0 Å². The standard InChI is InChI=1S/C20H33N3O3/c1-20(2,3)12-13-9-15(10-13)18-19(14-6-7-14)23(22-21-18)16(5-4-8-24)11-17(25)26/h13-16,24H,4-12H2,1-3H3,(H,25,26)/t13?,15?,16-/m0/s1. The zero-order chi connectivity index (χ0) is 18.9. The first kappa shape index (κ1) is 19.3. The van der Waals surface area contributed by atoms with Crippen LogP contribution in [0.2, 0.25) is 0 Å². The Morgan fingerprint density at radius 3 is 2.50 bits per heavy atom. The van der Waals surface area contributed by atoms with Gasteiger partial charge in [0.15, 0.2) is 0 Å². The topological polar surface area (TPSA) is 88.2 Å². The number of aliphatic hydroxyl groups is 1. The number of carboxylic acids is 1. The molecule has 0 unspecified atom stereocenters. The highest BCUT2D eigenvalue weighted by atomic mass is 16.4. The van der Waals surface area contributed by atoms with Gasteiger partial charge in [0.2, 0.25) is 0 Å². The quantitative estimate of drug-likeness (QED) is 0.695. The minimum Gasteiger partial charge on any atom is -0.481 e. The molecule has 2 fully saturated rings. The van der Waals surface area contributed by atoms with Crippen molar-refractivity contribution in [2.75, 3.05) is 6.61 Å². The van der Waals surface area contributed by atoms with Crippen molar-refractivity contribution in [3.63, 3.8) is 0 Å². The molecule has 2 saturated carbocycles. The lowest BCUT2D eigenvalue weighted by Crippen LogP contribution is -2.27. The lowest BCUT2D eigenvalue weighted by Gasteiger charge is -2.38. The van der Waals surface area contributed by atoms with Crippen LogP contribution in [0.15, 0.2) is 0 Å². The predicted octanol–water partition coefficient (Wildman–Crippen LogP) is 3.87. The van der Waals surface area contributed by atoms with Crippen LogP contribution in [0.1, 0.15) is 101 Å². The molecule has 2 aliphatic carbocycles. The Hall–Kier alpha value is -1.43. The fourth-order valence-corrected chi connectivity index (χ4v) is 4.46. The van der Waals surface area contributed by atoms with E-state index in [2.05, 4.69) is 31.1 Å². The molecule has 0 saturated heterocycles. The Bertz CT molecular complexity index is 625. The highest BCUT2D eigenvalue weighted by Crippen LogP contribution is 2.51. The Morgan fingerprint density at radius 2 is 1.96 bits per heavy atom. The van der Waals surface area contributed by atoms with Crippen LogP contribution in [0.3, 0.4) is 0 Å². The molecule has 1 atom stereocenters. The molecule has 1 aromatic rings. The van der Waals surface area contributed by atoms with Crippen LogP contribution in [0, 0.1) is 11.3 Å². The maximum absolute atomic E-state index is 11.3. The fraction of sp³-hybridized carbons (Fsp3) is 0.850. The molecule has 2 N–H and O–H groups in total. The number of hydrogen-bond donors (Lipinski definition) is 2. The van der Waals surface area contributed by atoms with E-state index in [1.165, 1.54) is 25.0 Å². The van der Waals surface area contributed by atoms with Crippen LogP contribution in [0.4, 0.5) is 0 Å². The van der Waals surface area contributed by atoms with Crippen LogP contribution < -0.4 is 0 Å². The van der Waals surface area contributed by atoms with E-state index in [-0.39, 0.29) is 19.1 Å². The SMILES string of the molecule is CC(C)(C)CC1CC(c2nnn([C@@H](CCCO)CC(=O)O)c2C2CC2)C1. The summed E-state index contributed by atoms with van der Waals surface area (Å²) in [6.07, 6.45) is 7.16. The molecule has 0 spiro atoms. The van der Waals surface area contributed by atoms with Gasteiger partial charge in [-0.25, -0.2) is 4.68 Å². The molecule has 0 bridgehead atoms. The zero-order valence-electron chi connectivity index (χ0n) is 16.3. The average Bonchev–Trinajstić information content (AvgIpc) is 3.25. The Balaban J connectivity index is 1.75. The predicted molar refractivity (Wildman–Crippen MR) is 99.1 cm³/mol. The van der Waals surface area contributed by atoms with Gasteiger partial charge in [0.25, 0.3) is 0 Å². The number of aliphatic hydroxyl groups excluding tert-OH is 1. The minimum absolute atomic E-state index is 0.0415. The van der Waals surface area contributed by atoms with Gasteiger partial charge in [0.05, 0.1) is 23.9 Å². The lowest BCUT2D eigenvalue weighted by molar-refractivity contribution is -0.138. The molecule has 0 radical (unpaired) electrons. The van der Waals surface area contributed by atoms with Crippen molar-refractivity contribution in [2.45, 2.75) is 90.0 Å². The zero-order valence-corrected chi connectivity index (χ0v) is 16.3. The van der Waals surface area contributed by atoms with Gasteiger partial charge >= 0.3 is 5.97 Å². The Kier molecular flexibility index (Phi) is 5.70. The lowest BCUT2D eigenvalue weighted by atomic mass is 9.67. The molecule has 1 aromatic heterocycles. The third kappa shape index (κ3) is 4.64. The number of carboxylic acid groups (broad SMARTS) is 1. The largest absolute Gasteiger partial charge is 0.481 e. The molecule has 6 heteroatoms.